The number of hydrogen-bond donors (Lipinski definition) is 1. The Balaban J connectivity index is 1.56. The zero-order valence-corrected chi connectivity index (χ0v) is 17.0. The summed E-state index contributed by atoms with van der Waals surface area (Å²) in [5, 5.41) is 9.43. The van der Waals surface area contributed by atoms with Crippen molar-refractivity contribution in [2.75, 3.05) is 12.0 Å². The lowest BCUT2D eigenvalue weighted by atomic mass is 10.0. The van der Waals surface area contributed by atoms with Crippen LogP contribution >= 0.6 is 0 Å². The molecular formula is C27H25NO2. The molecule has 0 aliphatic carbocycles. The summed E-state index contributed by atoms with van der Waals surface area (Å²) in [7, 11) is 1.68. The Morgan fingerprint density at radius 2 is 1.07 bits per heavy atom. The Morgan fingerprint density at radius 1 is 0.600 bits per heavy atom. The number of nitrogens with zero attached hydrogens (tertiary/aromatic N) is 1. The summed E-state index contributed by atoms with van der Waals surface area (Å²) in [4.78, 5) is 2.24. The fourth-order valence-corrected chi connectivity index (χ4v) is 3.52. The first-order chi connectivity index (χ1) is 14.7. The van der Waals surface area contributed by atoms with Crippen LogP contribution in [0.4, 0.5) is 17.1 Å². The van der Waals surface area contributed by atoms with Crippen LogP contribution in [0.1, 0.15) is 11.1 Å². The number of phenols is 1. The Labute approximate surface area is 177 Å². The second kappa shape index (κ2) is 9.19. The number of para-hydroxylation sites is 1. The van der Waals surface area contributed by atoms with Crippen LogP contribution in [0.3, 0.4) is 0 Å². The Bertz CT molecular complexity index is 1060. The van der Waals surface area contributed by atoms with Crippen molar-refractivity contribution in [3.63, 3.8) is 0 Å². The molecule has 0 aliphatic heterocycles. The first-order valence-electron chi connectivity index (χ1n) is 10.1. The van der Waals surface area contributed by atoms with Crippen molar-refractivity contribution in [2.24, 2.45) is 0 Å². The molecule has 30 heavy (non-hydrogen) atoms. The average Bonchev–Trinajstić information content (AvgIpc) is 2.81. The molecule has 0 unspecified atom stereocenters. The molecule has 150 valence electrons. The monoisotopic (exact) mass is 395 g/mol. The van der Waals surface area contributed by atoms with Crippen LogP contribution in [0.5, 0.6) is 11.5 Å². The van der Waals surface area contributed by atoms with E-state index in [9.17, 15) is 5.11 Å². The van der Waals surface area contributed by atoms with Crippen LogP contribution in [0.15, 0.2) is 103 Å². The van der Waals surface area contributed by atoms with Crippen LogP contribution in [0, 0.1) is 0 Å². The largest absolute Gasteiger partial charge is 0.508 e. The van der Waals surface area contributed by atoms with Gasteiger partial charge in [-0.15, -0.1) is 0 Å². The number of phenolic OH excluding ortho intramolecular Hbond substituents is 1. The number of benzene rings is 4. The van der Waals surface area contributed by atoms with Crippen molar-refractivity contribution >= 4 is 17.1 Å². The second-order valence-corrected chi connectivity index (χ2v) is 7.20. The van der Waals surface area contributed by atoms with Gasteiger partial charge in [-0.05, 0) is 84.6 Å². The topological polar surface area (TPSA) is 32.7 Å². The first kappa shape index (κ1) is 19.6. The van der Waals surface area contributed by atoms with Gasteiger partial charge in [-0.2, -0.15) is 0 Å². The van der Waals surface area contributed by atoms with E-state index in [4.69, 9.17) is 4.74 Å². The summed E-state index contributed by atoms with van der Waals surface area (Å²) in [5.74, 6) is 1.15. The molecule has 4 aromatic rings. The second-order valence-electron chi connectivity index (χ2n) is 7.20. The van der Waals surface area contributed by atoms with Crippen LogP contribution in [-0.4, -0.2) is 12.2 Å². The third kappa shape index (κ3) is 4.64. The highest BCUT2D eigenvalue weighted by Gasteiger charge is 2.12. The maximum absolute atomic E-state index is 9.43. The third-order valence-electron chi connectivity index (χ3n) is 5.18. The molecule has 0 heterocycles. The van der Waals surface area contributed by atoms with Gasteiger partial charge in [-0.25, -0.2) is 0 Å². The molecule has 0 saturated carbocycles. The quantitative estimate of drug-likeness (QED) is 0.380. The lowest BCUT2D eigenvalue weighted by molar-refractivity contribution is 0.415. The highest BCUT2D eigenvalue weighted by atomic mass is 16.5. The van der Waals surface area contributed by atoms with Crippen molar-refractivity contribution in [1.29, 1.82) is 0 Å². The fraction of sp³-hybridized carbons (Fsp3) is 0.111. The zero-order valence-electron chi connectivity index (χ0n) is 17.0. The van der Waals surface area contributed by atoms with Crippen LogP contribution in [0.2, 0.25) is 0 Å². The molecule has 3 heteroatoms. The van der Waals surface area contributed by atoms with Crippen molar-refractivity contribution < 1.29 is 9.84 Å². The predicted octanol–water partition coefficient (Wildman–Crippen LogP) is 6.66. The van der Waals surface area contributed by atoms with E-state index in [1.165, 1.54) is 11.1 Å². The molecule has 0 aliphatic rings. The molecule has 0 saturated heterocycles. The number of rotatable bonds is 7. The molecule has 0 bridgehead atoms. The van der Waals surface area contributed by atoms with Gasteiger partial charge in [0.2, 0.25) is 0 Å². The number of anilines is 3. The normalized spacial score (nSPS) is 10.6. The molecule has 0 atom stereocenters. The summed E-state index contributed by atoms with van der Waals surface area (Å²) in [6.07, 6.45) is 1.90. The maximum atomic E-state index is 9.43. The Hall–Kier alpha value is -3.72. The van der Waals surface area contributed by atoms with Gasteiger partial charge in [0.15, 0.2) is 0 Å². The molecule has 4 rings (SSSR count). The third-order valence-corrected chi connectivity index (χ3v) is 5.18. The smallest absolute Gasteiger partial charge is 0.119 e. The summed E-state index contributed by atoms with van der Waals surface area (Å²) < 4.78 is 5.31. The lowest BCUT2D eigenvalue weighted by Gasteiger charge is -2.25. The minimum atomic E-state index is 0.308. The van der Waals surface area contributed by atoms with E-state index in [0.29, 0.717) is 5.75 Å². The molecule has 1 N–H and O–H groups in total. The molecule has 4 aromatic carbocycles. The minimum absolute atomic E-state index is 0.308. The van der Waals surface area contributed by atoms with Crippen LogP contribution < -0.4 is 9.64 Å². The molecular weight excluding hydrogens is 370 g/mol. The van der Waals surface area contributed by atoms with Crippen molar-refractivity contribution in [3.8, 4) is 11.5 Å². The van der Waals surface area contributed by atoms with Crippen molar-refractivity contribution in [1.82, 2.24) is 0 Å². The van der Waals surface area contributed by atoms with Crippen LogP contribution in [0.25, 0.3) is 0 Å². The van der Waals surface area contributed by atoms with Gasteiger partial charge in [-0.3, -0.25) is 0 Å². The summed E-state index contributed by atoms with van der Waals surface area (Å²) in [6, 6.07) is 34.6. The van der Waals surface area contributed by atoms with E-state index >= 15 is 0 Å². The fourth-order valence-electron chi connectivity index (χ4n) is 3.52. The number of aryl methyl sites for hydroxylation is 2. The molecule has 0 fully saturated rings. The van der Waals surface area contributed by atoms with Crippen molar-refractivity contribution in [3.05, 3.63) is 114 Å². The summed E-state index contributed by atoms with van der Waals surface area (Å²) in [6.45, 7) is 0. The summed E-state index contributed by atoms with van der Waals surface area (Å²) in [5.41, 5.74) is 5.81. The van der Waals surface area contributed by atoms with Gasteiger partial charge in [0.05, 0.1) is 7.11 Å². The van der Waals surface area contributed by atoms with E-state index in [1.54, 1.807) is 19.2 Å². The van der Waals surface area contributed by atoms with Crippen LogP contribution in [-0.2, 0) is 12.8 Å². The average molecular weight is 396 g/mol. The first-order valence-corrected chi connectivity index (χ1v) is 10.1. The van der Waals surface area contributed by atoms with E-state index < -0.39 is 0 Å². The van der Waals surface area contributed by atoms with Gasteiger partial charge in [0.1, 0.15) is 11.5 Å². The molecule has 0 spiro atoms. The SMILES string of the molecule is COc1ccc(N(c2ccccc2)c2ccc(CCc3ccc(O)cc3)cc2)cc1. The van der Waals surface area contributed by atoms with Crippen molar-refractivity contribution in [2.45, 2.75) is 12.8 Å². The molecule has 0 radical (unpaired) electrons. The number of ether oxygens (including phenoxy) is 1. The Morgan fingerprint density at radius 3 is 1.60 bits per heavy atom. The summed E-state index contributed by atoms with van der Waals surface area (Å²) >= 11 is 0. The van der Waals surface area contributed by atoms with Gasteiger partial charge < -0.3 is 14.7 Å². The highest BCUT2D eigenvalue weighted by Crippen LogP contribution is 2.35. The predicted molar refractivity (Wildman–Crippen MR) is 123 cm³/mol. The van der Waals surface area contributed by atoms with Gasteiger partial charge in [0.25, 0.3) is 0 Å². The highest BCUT2D eigenvalue weighted by molar-refractivity contribution is 5.76. The maximum Gasteiger partial charge on any atom is 0.119 e. The van der Waals surface area contributed by atoms with Gasteiger partial charge in [-0.1, -0.05) is 42.5 Å². The number of methoxy groups -OCH3 is 1. The van der Waals surface area contributed by atoms with E-state index in [0.717, 1.165) is 35.7 Å². The standard InChI is InChI=1S/C27H25NO2/c1-30-27-19-15-25(16-20-27)28(23-5-3-2-4-6-23)24-13-9-21(10-14-24)7-8-22-11-17-26(29)18-12-22/h2-6,9-20,29H,7-8H2,1H3. The Kier molecular flexibility index (Phi) is 6.00. The zero-order chi connectivity index (χ0) is 20.8. The number of aromatic hydroxyl groups is 1. The van der Waals surface area contributed by atoms with E-state index in [2.05, 4.69) is 65.6 Å². The minimum Gasteiger partial charge on any atom is -0.508 e. The molecule has 0 amide bonds. The molecule has 3 nitrogen and oxygen atoms in total. The van der Waals surface area contributed by atoms with Gasteiger partial charge >= 0.3 is 0 Å². The lowest BCUT2D eigenvalue weighted by Crippen LogP contribution is -2.09. The van der Waals surface area contributed by atoms with E-state index in [1.807, 2.05) is 30.3 Å². The molecule has 0 aromatic heterocycles. The number of hydrogen-bond acceptors (Lipinski definition) is 3. The van der Waals surface area contributed by atoms with Gasteiger partial charge in [0, 0.05) is 17.1 Å². The van der Waals surface area contributed by atoms with E-state index in [-0.39, 0.29) is 0 Å².